The van der Waals surface area contributed by atoms with Gasteiger partial charge in [0.25, 0.3) is 0 Å². The molecule has 12 heavy (non-hydrogen) atoms. The summed E-state index contributed by atoms with van der Waals surface area (Å²) in [5.74, 6) is 9.77. The highest BCUT2D eigenvalue weighted by Gasteiger charge is 2.15. The van der Waals surface area contributed by atoms with Crippen LogP contribution in [0.15, 0.2) is 0 Å². The predicted octanol–water partition coefficient (Wildman–Crippen LogP) is -2.10. The molecule has 5 N–H and O–H groups in total. The average molecular weight is 197 g/mol. The van der Waals surface area contributed by atoms with Crippen LogP contribution in [0.5, 0.6) is 0 Å². The van der Waals surface area contributed by atoms with Gasteiger partial charge in [-0.25, -0.2) is 25.7 Å². The Labute approximate surface area is 71.3 Å². The topological polar surface area (TPSA) is 134 Å². The maximum Gasteiger partial charge on any atom is 0.348 e. The summed E-state index contributed by atoms with van der Waals surface area (Å²) in [5.41, 5.74) is 1.70. The Kier molecular flexibility index (Phi) is 4.70. The minimum Gasteiger partial charge on any atom is -0.750 e. The number of nitrogens with zero attached hydrogens (tertiary/aromatic N) is 1. The number of rotatable bonds is 3. The van der Waals surface area contributed by atoms with Crippen LogP contribution in [0.2, 0.25) is 0 Å². The molecule has 0 saturated carbocycles. The highest BCUT2D eigenvalue weighted by atomic mass is 32.2. The molecular formula is C3H9N4O4S-. The van der Waals surface area contributed by atoms with Gasteiger partial charge in [0.05, 0.1) is 11.4 Å². The third-order valence-corrected chi connectivity index (χ3v) is 1.40. The minimum atomic E-state index is -2.73. The zero-order valence-electron chi connectivity index (χ0n) is 6.22. The third kappa shape index (κ3) is 3.59. The molecule has 0 aliphatic heterocycles. The molecule has 0 rings (SSSR count). The van der Waals surface area contributed by atoms with Gasteiger partial charge in [0, 0.05) is 0 Å². The fourth-order valence-corrected chi connectivity index (χ4v) is 0.720. The van der Waals surface area contributed by atoms with E-state index in [0.29, 0.717) is 5.01 Å². The highest BCUT2D eigenvalue weighted by Crippen LogP contribution is 1.96. The molecule has 0 aromatic heterocycles. The maximum absolute atomic E-state index is 10.6. The number of hydrazine groups is 2. The van der Waals surface area contributed by atoms with Gasteiger partial charge in [-0.1, -0.05) is 0 Å². The van der Waals surface area contributed by atoms with Crippen LogP contribution in [-0.2, 0) is 15.5 Å². The van der Waals surface area contributed by atoms with Crippen LogP contribution in [0.25, 0.3) is 0 Å². The number of carbonyl (C=O) groups excluding carboxylic acids is 1. The molecular weight excluding hydrogens is 188 g/mol. The number of hydrogen-bond acceptors (Lipinski definition) is 6. The Morgan fingerprint density at radius 3 is 2.67 bits per heavy atom. The second kappa shape index (κ2) is 5.00. The lowest BCUT2D eigenvalue weighted by molar-refractivity contribution is 0.0679. The van der Waals surface area contributed by atoms with Crippen molar-refractivity contribution in [3.8, 4) is 0 Å². The van der Waals surface area contributed by atoms with E-state index in [-0.39, 0.29) is 0 Å². The highest BCUT2D eigenvalue weighted by molar-refractivity contribution is 7.74. The summed E-state index contributed by atoms with van der Waals surface area (Å²) < 4.78 is 24.1. The van der Waals surface area contributed by atoms with Gasteiger partial charge in [0.15, 0.2) is 6.23 Å². The Morgan fingerprint density at radius 1 is 1.83 bits per heavy atom. The van der Waals surface area contributed by atoms with Crippen LogP contribution >= 0.6 is 0 Å². The summed E-state index contributed by atoms with van der Waals surface area (Å²) in [4.78, 5) is 10.6. The lowest BCUT2D eigenvalue weighted by Gasteiger charge is -2.23. The van der Waals surface area contributed by atoms with Gasteiger partial charge in [-0.15, -0.1) is 0 Å². The van der Waals surface area contributed by atoms with Crippen molar-refractivity contribution in [3.63, 3.8) is 0 Å². The second-order valence-electron chi connectivity index (χ2n) is 1.76. The summed E-state index contributed by atoms with van der Waals surface area (Å²) in [7, 11) is 0. The van der Waals surface area contributed by atoms with Gasteiger partial charge >= 0.3 is 6.03 Å². The zero-order chi connectivity index (χ0) is 9.72. The van der Waals surface area contributed by atoms with E-state index in [1.165, 1.54) is 6.92 Å². The maximum atomic E-state index is 10.6. The number of amides is 2. The first-order valence-electron chi connectivity index (χ1n) is 2.80. The van der Waals surface area contributed by atoms with E-state index in [4.69, 9.17) is 11.7 Å². The molecule has 0 bridgehead atoms. The van der Waals surface area contributed by atoms with Gasteiger partial charge < -0.3 is 4.55 Å². The van der Waals surface area contributed by atoms with E-state index in [1.807, 2.05) is 0 Å². The molecule has 0 aromatic carbocycles. The fourth-order valence-electron chi connectivity index (χ4n) is 0.400. The monoisotopic (exact) mass is 197 g/mol. The van der Waals surface area contributed by atoms with Gasteiger partial charge in [0.2, 0.25) is 0 Å². The van der Waals surface area contributed by atoms with Gasteiger partial charge in [-0.3, -0.25) is 9.61 Å². The van der Waals surface area contributed by atoms with Crippen molar-refractivity contribution in [1.82, 2.24) is 10.4 Å². The van der Waals surface area contributed by atoms with Crippen molar-refractivity contribution < 1.29 is 17.7 Å². The lowest BCUT2D eigenvalue weighted by atomic mass is 10.6. The molecule has 0 heterocycles. The summed E-state index contributed by atoms with van der Waals surface area (Å²) in [5, 5.41) is 0.496. The molecule has 2 atom stereocenters. The molecule has 0 aliphatic rings. The number of hydrogen-bond donors (Lipinski definition) is 3. The first kappa shape index (κ1) is 11.3. The van der Waals surface area contributed by atoms with E-state index in [1.54, 1.807) is 5.43 Å². The van der Waals surface area contributed by atoms with E-state index < -0.39 is 23.6 Å². The average Bonchev–Trinajstić information content (AvgIpc) is 2.00. The first-order valence-corrected chi connectivity index (χ1v) is 3.80. The van der Waals surface area contributed by atoms with E-state index in [9.17, 15) is 13.6 Å². The normalized spacial score (nSPS) is 15.0. The summed E-state index contributed by atoms with van der Waals surface area (Å²) in [6.07, 6.45) is -1.10. The van der Waals surface area contributed by atoms with Crippen molar-refractivity contribution in [2.75, 3.05) is 0 Å². The Bertz CT molecular complexity index is 187. The van der Waals surface area contributed by atoms with Crippen LogP contribution < -0.4 is 17.1 Å². The SMILES string of the molecule is CC(OS(=O)[O-])N(N)C(=O)NN. The van der Waals surface area contributed by atoms with Crippen molar-refractivity contribution in [1.29, 1.82) is 0 Å². The Balaban J connectivity index is 4.00. The molecule has 0 saturated heterocycles. The summed E-state index contributed by atoms with van der Waals surface area (Å²) >= 11 is -2.73. The zero-order valence-corrected chi connectivity index (χ0v) is 7.04. The quantitative estimate of drug-likeness (QED) is 0.156. The van der Waals surface area contributed by atoms with Crippen LogP contribution in [0.3, 0.4) is 0 Å². The van der Waals surface area contributed by atoms with Gasteiger partial charge in [-0.05, 0) is 6.92 Å². The minimum absolute atomic E-state index is 0.496. The van der Waals surface area contributed by atoms with Crippen LogP contribution in [0.1, 0.15) is 6.92 Å². The second-order valence-corrected chi connectivity index (χ2v) is 2.36. The molecule has 9 heteroatoms. The fraction of sp³-hybridized carbons (Fsp3) is 0.667. The van der Waals surface area contributed by atoms with Crippen LogP contribution in [0, 0.1) is 0 Å². The summed E-state index contributed by atoms with van der Waals surface area (Å²) in [6, 6.07) is -0.854. The van der Waals surface area contributed by atoms with E-state index >= 15 is 0 Å². The number of nitrogens with one attached hydrogen (secondary N) is 1. The lowest BCUT2D eigenvalue weighted by Crippen LogP contribution is -2.52. The van der Waals surface area contributed by atoms with E-state index in [2.05, 4.69) is 4.18 Å². The van der Waals surface area contributed by atoms with Gasteiger partial charge in [0.1, 0.15) is 0 Å². The Morgan fingerprint density at radius 2 is 2.33 bits per heavy atom. The van der Waals surface area contributed by atoms with Crippen molar-refractivity contribution in [2.24, 2.45) is 11.7 Å². The third-order valence-electron chi connectivity index (χ3n) is 0.968. The predicted molar refractivity (Wildman–Crippen MR) is 38.2 cm³/mol. The smallest absolute Gasteiger partial charge is 0.348 e. The van der Waals surface area contributed by atoms with Crippen LogP contribution in [0.4, 0.5) is 4.79 Å². The molecule has 0 radical (unpaired) electrons. The standard InChI is InChI=1S/C3H10N4O4S/c1-2(11-12(9)10)7(5)3(8)6-4/h2H,4-5H2,1H3,(H,6,8)(H,9,10)/p-1. The number of urea groups is 1. The van der Waals surface area contributed by atoms with Crippen molar-refractivity contribution >= 4 is 17.4 Å². The molecule has 2 amide bonds. The summed E-state index contributed by atoms with van der Waals surface area (Å²) in [6.45, 7) is 1.27. The number of nitrogens with two attached hydrogens (primary N) is 2. The van der Waals surface area contributed by atoms with Crippen molar-refractivity contribution in [3.05, 3.63) is 0 Å². The molecule has 72 valence electrons. The largest absolute Gasteiger partial charge is 0.750 e. The molecule has 0 spiro atoms. The Hall–Kier alpha value is -0.740. The molecule has 0 aliphatic carbocycles. The molecule has 0 fully saturated rings. The number of carbonyl (C=O) groups is 1. The molecule has 2 unspecified atom stereocenters. The van der Waals surface area contributed by atoms with E-state index in [0.717, 1.165) is 0 Å². The first-order chi connectivity index (χ1) is 5.49. The van der Waals surface area contributed by atoms with Gasteiger partial charge in [-0.2, -0.15) is 0 Å². The van der Waals surface area contributed by atoms with Crippen molar-refractivity contribution in [2.45, 2.75) is 13.2 Å². The molecule has 0 aromatic rings. The molecule has 8 nitrogen and oxygen atoms in total. The van der Waals surface area contributed by atoms with Crippen LogP contribution in [-0.4, -0.2) is 26.0 Å².